The zero-order chi connectivity index (χ0) is 28.9. The molecule has 2 aromatic carbocycles. The van der Waals surface area contributed by atoms with Gasteiger partial charge in [0.25, 0.3) is 0 Å². The molecule has 4 atom stereocenters. The summed E-state index contributed by atoms with van der Waals surface area (Å²) in [4.78, 5) is 20.6. The second kappa shape index (κ2) is 9.83. The Hall–Kier alpha value is -2.85. The Morgan fingerprint density at radius 1 is 1.14 bits per heavy atom. The third kappa shape index (κ3) is 4.15. The van der Waals surface area contributed by atoms with E-state index in [1.807, 2.05) is 24.3 Å². The molecule has 2 N–H and O–H groups in total. The molecular formula is C33H40ClN7O2. The van der Waals surface area contributed by atoms with Crippen LogP contribution in [0.25, 0.3) is 10.8 Å². The second-order valence-corrected chi connectivity index (χ2v) is 14.2. The highest BCUT2D eigenvalue weighted by atomic mass is 35.5. The fraction of sp³-hybridized carbons (Fsp3) is 0.576. The molecule has 4 fully saturated rings. The summed E-state index contributed by atoms with van der Waals surface area (Å²) in [5, 5.41) is 17.1. The number of phenolic OH excluding ortho intramolecular Hbond substituents is 1. The highest BCUT2D eigenvalue weighted by molar-refractivity contribution is 6.36. The van der Waals surface area contributed by atoms with Crippen LogP contribution >= 0.6 is 11.6 Å². The molecule has 6 aliphatic heterocycles. The standard InChI is InChI=1S/C33H40ClN7O2/c1-38(19-33-9-3-11-40(33)12-4-10-33)32-36-25-16-39(26-14-22(42)13-20-5-2-6-23(34)29(20)26)17-28-30(25)31(37-32)41-15-21-7-8-24(35-21)27(41)18-43-28/h2,5-6,13-14,21,24,27-28,35,42H,3-4,7-12,15-19H2,1H3. The van der Waals surface area contributed by atoms with Crippen molar-refractivity contribution in [3.05, 3.63) is 46.6 Å². The molecule has 43 heavy (non-hydrogen) atoms. The maximum Gasteiger partial charge on any atom is 0.227 e. The number of aromatic nitrogens is 2. The van der Waals surface area contributed by atoms with Crippen molar-refractivity contribution in [2.24, 2.45) is 0 Å². The Labute approximate surface area is 257 Å². The van der Waals surface area contributed by atoms with Gasteiger partial charge in [-0.25, -0.2) is 4.98 Å². The number of aromatic hydroxyl groups is 1. The number of anilines is 3. The summed E-state index contributed by atoms with van der Waals surface area (Å²) < 4.78 is 6.80. The third-order valence-corrected chi connectivity index (χ3v) is 11.6. The number of hydrogen-bond acceptors (Lipinski definition) is 9. The monoisotopic (exact) mass is 601 g/mol. The first-order chi connectivity index (χ1) is 21.0. The lowest BCUT2D eigenvalue weighted by Crippen LogP contribution is -2.59. The van der Waals surface area contributed by atoms with E-state index in [4.69, 9.17) is 26.3 Å². The predicted octanol–water partition coefficient (Wildman–Crippen LogP) is 4.45. The van der Waals surface area contributed by atoms with Crippen LogP contribution < -0.4 is 20.0 Å². The van der Waals surface area contributed by atoms with Gasteiger partial charge in [0.1, 0.15) is 17.7 Å². The van der Waals surface area contributed by atoms with Gasteiger partial charge in [-0.05, 0) is 69.1 Å². The summed E-state index contributed by atoms with van der Waals surface area (Å²) in [5.74, 6) is 2.12. The normalized spacial score (nSPS) is 29.0. The fourth-order valence-electron chi connectivity index (χ4n) is 9.33. The maximum absolute atomic E-state index is 10.7. The highest BCUT2D eigenvalue weighted by Gasteiger charge is 2.48. The van der Waals surface area contributed by atoms with Crippen LogP contribution in [0.4, 0.5) is 17.5 Å². The number of fused-ring (bicyclic) bond motifs is 7. The molecule has 10 heteroatoms. The molecule has 0 amide bonds. The van der Waals surface area contributed by atoms with E-state index < -0.39 is 0 Å². The number of likely N-dealkylation sites (N-methyl/N-ethyl adjacent to an activating group) is 1. The number of rotatable bonds is 4. The molecule has 0 aliphatic carbocycles. The van der Waals surface area contributed by atoms with Gasteiger partial charge >= 0.3 is 0 Å². The molecule has 7 heterocycles. The molecule has 0 saturated carbocycles. The molecule has 9 rings (SSSR count). The van der Waals surface area contributed by atoms with Crippen molar-refractivity contribution in [3.63, 3.8) is 0 Å². The highest BCUT2D eigenvalue weighted by Crippen LogP contribution is 2.46. The number of halogens is 1. The van der Waals surface area contributed by atoms with Gasteiger partial charge in [0, 0.05) is 61.3 Å². The Kier molecular flexibility index (Phi) is 6.07. The molecule has 0 radical (unpaired) electrons. The summed E-state index contributed by atoms with van der Waals surface area (Å²) in [7, 11) is 2.19. The van der Waals surface area contributed by atoms with Crippen molar-refractivity contribution in [3.8, 4) is 5.75 Å². The van der Waals surface area contributed by atoms with Gasteiger partial charge in [-0.15, -0.1) is 0 Å². The van der Waals surface area contributed by atoms with Gasteiger partial charge in [0.2, 0.25) is 5.95 Å². The van der Waals surface area contributed by atoms with Crippen LogP contribution in [0.1, 0.15) is 55.9 Å². The van der Waals surface area contributed by atoms with E-state index in [1.165, 1.54) is 51.6 Å². The first kappa shape index (κ1) is 26.5. The molecule has 2 bridgehead atoms. The molecule has 3 aromatic rings. The first-order valence-corrected chi connectivity index (χ1v) is 16.5. The molecular weight excluding hydrogens is 562 g/mol. The van der Waals surface area contributed by atoms with E-state index in [-0.39, 0.29) is 23.4 Å². The SMILES string of the molecule is CN(CC12CCCN1CCC2)c1nc2c3c(n1)N1CC4CCC(N4)C1COC3CN(c1cc(O)cc3cccc(Cl)c13)C2. The second-order valence-electron chi connectivity index (χ2n) is 13.8. The van der Waals surface area contributed by atoms with Crippen molar-refractivity contribution in [1.82, 2.24) is 20.2 Å². The Bertz CT molecular complexity index is 1590. The number of hydrogen-bond donors (Lipinski definition) is 2. The average Bonchev–Trinajstić information content (AvgIpc) is 3.66. The molecule has 1 aromatic heterocycles. The van der Waals surface area contributed by atoms with Crippen LogP contribution in [0.15, 0.2) is 30.3 Å². The summed E-state index contributed by atoms with van der Waals surface area (Å²) in [6.07, 6.45) is 7.30. The van der Waals surface area contributed by atoms with Crippen LogP contribution in [0, 0.1) is 0 Å². The minimum Gasteiger partial charge on any atom is -0.508 e. The quantitative estimate of drug-likeness (QED) is 0.451. The third-order valence-electron chi connectivity index (χ3n) is 11.3. The summed E-state index contributed by atoms with van der Waals surface area (Å²) in [5.41, 5.74) is 3.33. The number of nitrogens with one attached hydrogen (secondary N) is 1. The fourth-order valence-corrected chi connectivity index (χ4v) is 9.61. The predicted molar refractivity (Wildman–Crippen MR) is 170 cm³/mol. The Balaban J connectivity index is 1.16. The zero-order valence-corrected chi connectivity index (χ0v) is 25.6. The van der Waals surface area contributed by atoms with Gasteiger partial charge in [0.05, 0.1) is 35.6 Å². The molecule has 4 unspecified atom stereocenters. The number of nitrogens with zero attached hydrogens (tertiary/aromatic N) is 6. The zero-order valence-electron chi connectivity index (χ0n) is 24.8. The minimum atomic E-state index is -0.166. The van der Waals surface area contributed by atoms with E-state index in [0.717, 1.165) is 52.6 Å². The van der Waals surface area contributed by atoms with Gasteiger partial charge < -0.3 is 29.9 Å². The van der Waals surface area contributed by atoms with E-state index >= 15 is 0 Å². The van der Waals surface area contributed by atoms with Crippen LogP contribution in [-0.4, -0.2) is 90.0 Å². The topological polar surface area (TPSA) is 80.2 Å². The van der Waals surface area contributed by atoms with Crippen molar-refractivity contribution >= 4 is 39.8 Å². The number of benzene rings is 2. The lowest BCUT2D eigenvalue weighted by molar-refractivity contribution is 0.0415. The van der Waals surface area contributed by atoms with Crippen LogP contribution in [0.2, 0.25) is 5.02 Å². The average molecular weight is 602 g/mol. The van der Waals surface area contributed by atoms with Crippen LogP contribution in [0.3, 0.4) is 0 Å². The summed E-state index contributed by atoms with van der Waals surface area (Å²) >= 11 is 6.79. The molecule has 4 saturated heterocycles. The first-order valence-electron chi connectivity index (χ1n) is 16.1. The largest absolute Gasteiger partial charge is 0.508 e. The van der Waals surface area contributed by atoms with E-state index in [1.54, 1.807) is 6.07 Å². The van der Waals surface area contributed by atoms with E-state index in [2.05, 4.69) is 32.0 Å². The van der Waals surface area contributed by atoms with Crippen molar-refractivity contribution < 1.29 is 9.84 Å². The lowest BCUT2D eigenvalue weighted by atomic mass is 9.93. The number of phenols is 1. The van der Waals surface area contributed by atoms with Crippen molar-refractivity contribution in [2.45, 2.75) is 74.8 Å². The Morgan fingerprint density at radius 3 is 2.86 bits per heavy atom. The van der Waals surface area contributed by atoms with Gasteiger partial charge in [0.15, 0.2) is 0 Å². The van der Waals surface area contributed by atoms with E-state index in [0.29, 0.717) is 36.8 Å². The lowest BCUT2D eigenvalue weighted by Gasteiger charge is -2.41. The van der Waals surface area contributed by atoms with Gasteiger partial charge in [-0.3, -0.25) is 4.90 Å². The van der Waals surface area contributed by atoms with Crippen molar-refractivity contribution in [2.75, 3.05) is 61.1 Å². The van der Waals surface area contributed by atoms with Crippen LogP contribution in [-0.2, 0) is 11.3 Å². The molecule has 9 nitrogen and oxygen atoms in total. The maximum atomic E-state index is 10.7. The van der Waals surface area contributed by atoms with Gasteiger partial charge in [-0.1, -0.05) is 23.7 Å². The summed E-state index contributed by atoms with van der Waals surface area (Å²) in [6.45, 7) is 6.26. The molecule has 6 aliphatic rings. The smallest absolute Gasteiger partial charge is 0.227 e. The number of piperazine rings is 1. The Morgan fingerprint density at radius 2 is 2.00 bits per heavy atom. The van der Waals surface area contributed by atoms with E-state index in [9.17, 15) is 5.11 Å². The molecule has 0 spiro atoms. The molecule has 226 valence electrons. The van der Waals surface area contributed by atoms with Crippen LogP contribution in [0.5, 0.6) is 5.75 Å². The summed E-state index contributed by atoms with van der Waals surface area (Å²) in [6, 6.07) is 10.7. The minimum absolute atomic E-state index is 0.166. The number of ether oxygens (including phenoxy) is 1. The van der Waals surface area contributed by atoms with Gasteiger partial charge in [-0.2, -0.15) is 4.98 Å². The van der Waals surface area contributed by atoms with Crippen molar-refractivity contribution in [1.29, 1.82) is 0 Å².